The number of ether oxygens (including phenoxy) is 2. The summed E-state index contributed by atoms with van der Waals surface area (Å²) in [4.78, 5) is 44.8. The van der Waals surface area contributed by atoms with Crippen LogP contribution in [-0.4, -0.2) is 112 Å². The van der Waals surface area contributed by atoms with Gasteiger partial charge in [-0.1, -0.05) is 18.2 Å². The number of likely N-dealkylation sites (tertiary alicyclic amines) is 1. The molecule has 3 atom stereocenters. The van der Waals surface area contributed by atoms with Crippen LogP contribution < -0.4 is 10.4 Å². The lowest BCUT2D eigenvalue weighted by atomic mass is 9.83. The zero-order valence-electron chi connectivity index (χ0n) is 19.3. The molecule has 0 aliphatic carbocycles. The third-order valence-corrected chi connectivity index (χ3v) is 6.75. The van der Waals surface area contributed by atoms with Crippen molar-refractivity contribution in [2.45, 2.75) is 6.04 Å². The van der Waals surface area contributed by atoms with Crippen LogP contribution in [0.4, 0.5) is 5.69 Å². The summed E-state index contributed by atoms with van der Waals surface area (Å²) >= 11 is 0. The highest BCUT2D eigenvalue weighted by Crippen LogP contribution is 2.32. The largest absolute Gasteiger partial charge is 0.383 e. The molecule has 3 heterocycles. The van der Waals surface area contributed by atoms with Gasteiger partial charge in [0.15, 0.2) is 0 Å². The van der Waals surface area contributed by atoms with Gasteiger partial charge in [0.05, 0.1) is 30.2 Å². The van der Waals surface area contributed by atoms with Crippen molar-refractivity contribution in [1.82, 2.24) is 20.1 Å². The van der Waals surface area contributed by atoms with Gasteiger partial charge in [-0.3, -0.25) is 19.3 Å². The molecule has 3 amide bonds. The van der Waals surface area contributed by atoms with E-state index in [2.05, 4.69) is 10.3 Å². The molecule has 0 aromatic heterocycles. The lowest BCUT2D eigenvalue weighted by Crippen LogP contribution is -2.60. The molecular weight excluding hydrogens is 426 g/mol. The summed E-state index contributed by atoms with van der Waals surface area (Å²) in [5, 5.41) is 1.59. The maximum atomic E-state index is 13.6. The van der Waals surface area contributed by atoms with Crippen molar-refractivity contribution in [3.63, 3.8) is 0 Å². The molecule has 1 aromatic carbocycles. The van der Waals surface area contributed by atoms with E-state index < -0.39 is 0 Å². The van der Waals surface area contributed by atoms with E-state index in [0.717, 1.165) is 5.69 Å². The summed E-state index contributed by atoms with van der Waals surface area (Å²) in [6, 6.07) is 9.20. The monoisotopic (exact) mass is 459 g/mol. The lowest BCUT2D eigenvalue weighted by molar-refractivity contribution is -0.146. The Labute approximate surface area is 194 Å². The van der Waals surface area contributed by atoms with E-state index >= 15 is 0 Å². The number of hydrogen-bond donors (Lipinski definition) is 1. The number of hydrogen-bond acceptors (Lipinski definition) is 7. The number of fused-ring (bicyclic) bond motifs is 1. The molecule has 3 saturated heterocycles. The molecule has 3 aliphatic heterocycles. The molecule has 3 aliphatic rings. The van der Waals surface area contributed by atoms with Crippen molar-refractivity contribution in [3.8, 4) is 0 Å². The number of carbonyl (C=O) groups excluding carboxylic acids is 3. The minimum atomic E-state index is -0.362. The fourth-order valence-electron chi connectivity index (χ4n) is 4.97. The van der Waals surface area contributed by atoms with Crippen LogP contribution in [0.5, 0.6) is 0 Å². The van der Waals surface area contributed by atoms with Crippen molar-refractivity contribution in [2.24, 2.45) is 11.8 Å². The van der Waals surface area contributed by atoms with E-state index in [0.29, 0.717) is 52.4 Å². The van der Waals surface area contributed by atoms with E-state index in [1.54, 1.807) is 17.0 Å². The number of anilines is 1. The zero-order chi connectivity index (χ0) is 23.4. The number of amides is 3. The fourth-order valence-corrected chi connectivity index (χ4v) is 4.97. The maximum absolute atomic E-state index is 13.6. The number of piperidine rings is 1. The quantitative estimate of drug-likeness (QED) is 0.583. The van der Waals surface area contributed by atoms with Gasteiger partial charge in [-0.05, 0) is 12.1 Å². The molecule has 1 N–H and O–H groups in total. The van der Waals surface area contributed by atoms with Gasteiger partial charge >= 0.3 is 0 Å². The lowest BCUT2D eigenvalue weighted by Gasteiger charge is -2.42. The highest BCUT2D eigenvalue weighted by Gasteiger charge is 2.51. The first-order chi connectivity index (χ1) is 16.0. The summed E-state index contributed by atoms with van der Waals surface area (Å²) in [6.07, 6.45) is 0. The topological polar surface area (TPSA) is 94.7 Å². The van der Waals surface area contributed by atoms with E-state index in [4.69, 9.17) is 9.47 Å². The fraction of sp³-hybridized carbons (Fsp3) is 0.609. The standard InChI is InChI=1S/C23H33N5O5/c1-32-13-12-25-14-18(22(30)27-10-8-26(9-11-27)20(29)16-33-2)21-19(15-25)23(31)28(24-21)17-6-4-3-5-7-17/h3-7,18-19,21,24H,8-16H2,1-2H3. The van der Waals surface area contributed by atoms with Gasteiger partial charge in [0.25, 0.3) is 0 Å². The highest BCUT2D eigenvalue weighted by atomic mass is 16.5. The van der Waals surface area contributed by atoms with E-state index in [1.165, 1.54) is 7.11 Å². The second kappa shape index (κ2) is 10.6. The number of rotatable bonds is 7. The second-order valence-corrected chi connectivity index (χ2v) is 8.77. The Bertz CT molecular complexity index is 845. The SMILES string of the molecule is COCCN1CC(C(=O)N2CCN(C(=O)COC)CC2)C2NN(c3ccccc3)C(=O)C2C1. The Balaban J connectivity index is 1.49. The summed E-state index contributed by atoms with van der Waals surface area (Å²) < 4.78 is 10.2. The predicted molar refractivity (Wildman–Crippen MR) is 121 cm³/mol. The molecule has 0 saturated carbocycles. The van der Waals surface area contributed by atoms with Crippen LogP contribution in [0, 0.1) is 11.8 Å². The third kappa shape index (κ3) is 5.03. The van der Waals surface area contributed by atoms with Gasteiger partial charge in [-0.15, -0.1) is 0 Å². The third-order valence-electron chi connectivity index (χ3n) is 6.75. The van der Waals surface area contributed by atoms with Crippen LogP contribution >= 0.6 is 0 Å². The van der Waals surface area contributed by atoms with E-state index in [9.17, 15) is 14.4 Å². The van der Waals surface area contributed by atoms with Crippen molar-refractivity contribution in [1.29, 1.82) is 0 Å². The number of carbonyl (C=O) groups is 3. The van der Waals surface area contributed by atoms with Gasteiger partial charge in [-0.25, -0.2) is 10.4 Å². The molecule has 10 nitrogen and oxygen atoms in total. The van der Waals surface area contributed by atoms with Gasteiger partial charge in [0.1, 0.15) is 6.61 Å². The molecular formula is C23H33N5O5. The van der Waals surface area contributed by atoms with Crippen molar-refractivity contribution >= 4 is 23.4 Å². The number of hydrazine groups is 1. The summed E-state index contributed by atoms with van der Waals surface area (Å²) in [5.41, 5.74) is 4.12. The maximum Gasteiger partial charge on any atom is 0.248 e. The molecule has 1 aromatic rings. The number of methoxy groups -OCH3 is 2. The number of benzene rings is 1. The van der Waals surface area contributed by atoms with Crippen LogP contribution in [0.2, 0.25) is 0 Å². The van der Waals surface area contributed by atoms with Crippen molar-refractivity contribution in [2.75, 3.05) is 78.3 Å². The van der Waals surface area contributed by atoms with E-state index in [-0.39, 0.29) is 42.2 Å². The Kier molecular flexibility index (Phi) is 7.59. The molecule has 0 bridgehead atoms. The van der Waals surface area contributed by atoms with Crippen LogP contribution in [0.15, 0.2) is 30.3 Å². The molecule has 180 valence electrons. The summed E-state index contributed by atoms with van der Waals surface area (Å²) in [6.45, 7) is 4.37. The van der Waals surface area contributed by atoms with Crippen LogP contribution in [0.3, 0.4) is 0 Å². The average molecular weight is 460 g/mol. The first-order valence-electron chi connectivity index (χ1n) is 11.5. The van der Waals surface area contributed by atoms with E-state index in [1.807, 2.05) is 35.2 Å². The number of piperazine rings is 1. The minimum Gasteiger partial charge on any atom is -0.383 e. The molecule has 0 radical (unpaired) electrons. The number of nitrogens with zero attached hydrogens (tertiary/aromatic N) is 4. The van der Waals surface area contributed by atoms with Gasteiger partial charge in [0.2, 0.25) is 17.7 Å². The Morgan fingerprint density at radius 2 is 1.70 bits per heavy atom. The normalized spacial score (nSPS) is 25.9. The first kappa shape index (κ1) is 23.6. The molecule has 33 heavy (non-hydrogen) atoms. The second-order valence-electron chi connectivity index (χ2n) is 8.77. The minimum absolute atomic E-state index is 0.0129. The number of para-hydroxylation sites is 1. The Hall–Kier alpha value is -2.53. The summed E-state index contributed by atoms with van der Waals surface area (Å²) in [5.74, 6) is -0.717. The predicted octanol–water partition coefficient (Wildman–Crippen LogP) is -0.582. The average Bonchev–Trinajstić information content (AvgIpc) is 3.19. The molecule has 0 spiro atoms. The van der Waals surface area contributed by atoms with Crippen LogP contribution in [-0.2, 0) is 23.9 Å². The Morgan fingerprint density at radius 3 is 2.36 bits per heavy atom. The summed E-state index contributed by atoms with van der Waals surface area (Å²) in [7, 11) is 3.15. The zero-order valence-corrected chi connectivity index (χ0v) is 19.3. The first-order valence-corrected chi connectivity index (χ1v) is 11.5. The van der Waals surface area contributed by atoms with Crippen molar-refractivity contribution in [3.05, 3.63) is 30.3 Å². The molecule has 3 unspecified atom stereocenters. The molecule has 10 heteroatoms. The number of nitrogens with one attached hydrogen (secondary N) is 1. The molecule has 3 fully saturated rings. The van der Waals surface area contributed by atoms with Gasteiger partial charge in [-0.2, -0.15) is 0 Å². The smallest absolute Gasteiger partial charge is 0.248 e. The molecule has 4 rings (SSSR count). The van der Waals surface area contributed by atoms with Crippen molar-refractivity contribution < 1.29 is 23.9 Å². The van der Waals surface area contributed by atoms with Crippen LogP contribution in [0.25, 0.3) is 0 Å². The van der Waals surface area contributed by atoms with Gasteiger partial charge in [0, 0.05) is 60.0 Å². The van der Waals surface area contributed by atoms with Crippen LogP contribution in [0.1, 0.15) is 0 Å². The Morgan fingerprint density at radius 1 is 1.00 bits per heavy atom. The van der Waals surface area contributed by atoms with Gasteiger partial charge < -0.3 is 19.3 Å². The highest BCUT2D eigenvalue weighted by molar-refractivity contribution is 5.98.